The number of piperidine rings is 1. The highest BCUT2D eigenvalue weighted by Gasteiger charge is 2.44. The van der Waals surface area contributed by atoms with Crippen molar-refractivity contribution < 1.29 is 23.1 Å². The number of rotatable bonds is 8. The van der Waals surface area contributed by atoms with Crippen LogP contribution in [0, 0.1) is 5.41 Å². The lowest BCUT2D eigenvalue weighted by molar-refractivity contribution is 0.0529. The molecule has 38 heavy (non-hydrogen) atoms. The molecule has 3 fully saturated rings. The summed E-state index contributed by atoms with van der Waals surface area (Å²) >= 11 is 0. The predicted molar refractivity (Wildman–Crippen MR) is 148 cm³/mol. The Bertz CT molecular complexity index is 1270. The van der Waals surface area contributed by atoms with Gasteiger partial charge in [-0.15, -0.1) is 0 Å². The molecule has 3 aliphatic rings. The van der Waals surface area contributed by atoms with E-state index < -0.39 is 21.9 Å². The van der Waals surface area contributed by atoms with Crippen LogP contribution in [0.15, 0.2) is 36.4 Å². The number of nitrogens with zero attached hydrogens (tertiary/aromatic N) is 3. The maximum atomic E-state index is 13.5. The summed E-state index contributed by atoms with van der Waals surface area (Å²) in [6.07, 6.45) is 4.76. The zero-order chi connectivity index (χ0) is 26.9. The van der Waals surface area contributed by atoms with E-state index >= 15 is 0 Å². The molecule has 5 rings (SSSR count). The molecule has 2 atom stereocenters. The van der Waals surface area contributed by atoms with E-state index in [0.29, 0.717) is 34.8 Å². The first-order valence-corrected chi connectivity index (χ1v) is 14.9. The maximum Gasteiger partial charge on any atom is 0.258 e. The molecule has 2 aromatic rings. The van der Waals surface area contributed by atoms with Gasteiger partial charge in [0.25, 0.3) is 5.91 Å². The highest BCUT2D eigenvalue weighted by molar-refractivity contribution is 7.93. The number of sulfonamides is 1. The van der Waals surface area contributed by atoms with Crippen molar-refractivity contribution in [2.45, 2.75) is 50.9 Å². The smallest absolute Gasteiger partial charge is 0.258 e. The van der Waals surface area contributed by atoms with Gasteiger partial charge in [-0.2, -0.15) is 0 Å². The number of aromatic nitrogens is 1. The average molecular weight is 544 g/mol. The third kappa shape index (κ3) is 5.89. The lowest BCUT2D eigenvalue weighted by atomic mass is 9.93. The molecule has 10 nitrogen and oxygen atoms in total. The van der Waals surface area contributed by atoms with Crippen molar-refractivity contribution >= 4 is 38.9 Å². The molecule has 0 bridgehead atoms. The normalized spacial score (nSPS) is 21.7. The number of aliphatic hydroxyl groups is 1. The molecule has 0 unspecified atom stereocenters. The first-order valence-electron chi connectivity index (χ1n) is 13.3. The summed E-state index contributed by atoms with van der Waals surface area (Å²) < 4.78 is 33.3. The van der Waals surface area contributed by atoms with Crippen LogP contribution in [0.4, 0.5) is 23.0 Å². The molecule has 1 amide bonds. The standard InChI is InChI=1S/C27H37N5O5S/c1-19-17-32(14-15-37-19)25-5-3-4-24(28-25)29-26(34)22-7-6-21(30-38(35,36)20(2)18-33)16-23(22)31-12-10-27(8-9-27)11-13-31/h3-7,16,19-20,30,33H,8-15,17-18H2,1-2H3,(H,28,29,34)/t19-,20-/m0/s1. The number of morpholine rings is 1. The van der Waals surface area contributed by atoms with Crippen LogP contribution in [-0.4, -0.2) is 75.2 Å². The van der Waals surface area contributed by atoms with Crippen LogP contribution in [0.2, 0.25) is 0 Å². The minimum absolute atomic E-state index is 0.113. The van der Waals surface area contributed by atoms with Crippen molar-refractivity contribution in [1.29, 1.82) is 0 Å². The van der Waals surface area contributed by atoms with Gasteiger partial charge in [0.1, 0.15) is 16.9 Å². The Balaban J connectivity index is 1.39. The molecule has 2 aliphatic heterocycles. The van der Waals surface area contributed by atoms with E-state index in [-0.39, 0.29) is 12.0 Å². The number of carbonyl (C=O) groups is 1. The summed E-state index contributed by atoms with van der Waals surface area (Å²) in [5.41, 5.74) is 1.97. The van der Waals surface area contributed by atoms with Crippen LogP contribution < -0.4 is 19.8 Å². The maximum absolute atomic E-state index is 13.5. The Morgan fingerprint density at radius 3 is 2.61 bits per heavy atom. The Labute approximate surface area is 224 Å². The molecule has 206 valence electrons. The monoisotopic (exact) mass is 543 g/mol. The molecule has 2 saturated heterocycles. The number of hydrogen-bond acceptors (Lipinski definition) is 8. The van der Waals surface area contributed by atoms with Crippen LogP contribution in [-0.2, 0) is 14.8 Å². The van der Waals surface area contributed by atoms with Crippen molar-refractivity contribution in [3.8, 4) is 0 Å². The SMILES string of the molecule is C[C@H]1CN(c2cccc(NC(=O)c3ccc(NS(=O)(=O)[C@@H](C)CO)cc3N3CCC4(CC3)CC4)n2)CCO1. The minimum atomic E-state index is -3.76. The van der Waals surface area contributed by atoms with Crippen molar-refractivity contribution in [3.05, 3.63) is 42.0 Å². The van der Waals surface area contributed by atoms with Crippen LogP contribution in [0.1, 0.15) is 49.9 Å². The molecule has 1 aromatic carbocycles. The average Bonchev–Trinajstić information content (AvgIpc) is 3.67. The van der Waals surface area contributed by atoms with Gasteiger partial charge in [-0.25, -0.2) is 13.4 Å². The lowest BCUT2D eigenvalue weighted by Crippen LogP contribution is -2.41. The number of anilines is 4. The Morgan fingerprint density at radius 2 is 1.92 bits per heavy atom. The Kier molecular flexibility index (Phi) is 7.52. The first-order chi connectivity index (χ1) is 18.2. The Hall–Kier alpha value is -2.89. The fourth-order valence-corrected chi connectivity index (χ4v) is 6.04. The van der Waals surface area contributed by atoms with Crippen molar-refractivity contribution in [2.75, 3.05) is 59.2 Å². The molecule has 1 spiro atoms. The zero-order valence-corrected chi connectivity index (χ0v) is 22.8. The van der Waals surface area contributed by atoms with Gasteiger partial charge < -0.3 is 25.0 Å². The van der Waals surface area contributed by atoms with E-state index in [2.05, 4.69) is 24.8 Å². The third-order valence-electron chi connectivity index (χ3n) is 7.95. The van der Waals surface area contributed by atoms with Gasteiger partial charge in [-0.1, -0.05) is 6.07 Å². The molecule has 1 aliphatic carbocycles. The topological polar surface area (TPSA) is 124 Å². The van der Waals surface area contributed by atoms with Gasteiger partial charge >= 0.3 is 0 Å². The number of hydrogen-bond donors (Lipinski definition) is 3. The number of nitrogens with one attached hydrogen (secondary N) is 2. The third-order valence-corrected chi connectivity index (χ3v) is 9.68. The molecule has 3 N–H and O–H groups in total. The predicted octanol–water partition coefficient (Wildman–Crippen LogP) is 3.06. The summed E-state index contributed by atoms with van der Waals surface area (Å²) in [4.78, 5) is 22.5. The highest BCUT2D eigenvalue weighted by atomic mass is 32.2. The van der Waals surface area contributed by atoms with Crippen molar-refractivity contribution in [3.63, 3.8) is 0 Å². The number of amides is 1. The molecular formula is C27H37N5O5S. The van der Waals surface area contributed by atoms with Crippen LogP contribution in [0.3, 0.4) is 0 Å². The molecular weight excluding hydrogens is 506 g/mol. The van der Waals surface area contributed by atoms with Gasteiger partial charge in [0.2, 0.25) is 10.0 Å². The van der Waals surface area contributed by atoms with Crippen molar-refractivity contribution in [1.82, 2.24) is 4.98 Å². The summed E-state index contributed by atoms with van der Waals surface area (Å²) in [5.74, 6) is 0.936. The molecule has 1 aromatic heterocycles. The van der Waals surface area contributed by atoms with E-state index in [9.17, 15) is 18.3 Å². The summed E-state index contributed by atoms with van der Waals surface area (Å²) in [5, 5.41) is 11.3. The Morgan fingerprint density at radius 1 is 1.16 bits per heavy atom. The molecule has 1 saturated carbocycles. The number of pyridine rings is 1. The second kappa shape index (κ2) is 10.7. The number of benzene rings is 1. The largest absolute Gasteiger partial charge is 0.395 e. The molecule has 11 heteroatoms. The van der Waals surface area contributed by atoms with E-state index in [0.717, 1.165) is 44.8 Å². The highest BCUT2D eigenvalue weighted by Crippen LogP contribution is 2.54. The van der Waals surface area contributed by atoms with Crippen LogP contribution >= 0.6 is 0 Å². The van der Waals surface area contributed by atoms with Gasteiger partial charge in [0.05, 0.1) is 36.3 Å². The summed E-state index contributed by atoms with van der Waals surface area (Å²) in [6.45, 7) is 6.72. The van der Waals surface area contributed by atoms with E-state index in [1.54, 1.807) is 24.3 Å². The zero-order valence-electron chi connectivity index (χ0n) is 22.0. The molecule has 0 radical (unpaired) electrons. The number of aliphatic hydroxyl groups excluding tert-OH is 1. The first kappa shape index (κ1) is 26.7. The molecule has 3 heterocycles. The second-order valence-corrected chi connectivity index (χ2v) is 12.9. The van der Waals surface area contributed by atoms with Crippen LogP contribution in [0.25, 0.3) is 0 Å². The number of ether oxygens (including phenoxy) is 1. The van der Waals surface area contributed by atoms with Crippen LogP contribution in [0.5, 0.6) is 0 Å². The van der Waals surface area contributed by atoms with E-state index in [1.165, 1.54) is 19.8 Å². The second-order valence-electron chi connectivity index (χ2n) is 10.8. The van der Waals surface area contributed by atoms with Gasteiger partial charge in [-0.3, -0.25) is 9.52 Å². The van der Waals surface area contributed by atoms with E-state index in [4.69, 9.17) is 4.74 Å². The minimum Gasteiger partial charge on any atom is -0.395 e. The van der Waals surface area contributed by atoms with Gasteiger partial charge in [-0.05, 0) is 75.3 Å². The van der Waals surface area contributed by atoms with Gasteiger partial charge in [0.15, 0.2) is 0 Å². The van der Waals surface area contributed by atoms with Gasteiger partial charge in [0, 0.05) is 26.2 Å². The van der Waals surface area contributed by atoms with Crippen molar-refractivity contribution in [2.24, 2.45) is 5.41 Å². The summed E-state index contributed by atoms with van der Waals surface area (Å²) in [6, 6.07) is 10.5. The van der Waals surface area contributed by atoms with E-state index in [1.807, 2.05) is 19.1 Å². The number of carbonyl (C=O) groups excluding carboxylic acids is 1. The summed E-state index contributed by atoms with van der Waals surface area (Å²) in [7, 11) is -3.76. The lowest BCUT2D eigenvalue weighted by Gasteiger charge is -2.35. The fraction of sp³-hybridized carbons (Fsp3) is 0.556. The fourth-order valence-electron chi connectivity index (χ4n) is 5.19. The quantitative estimate of drug-likeness (QED) is 0.464.